The number of benzene rings is 1. The number of hydrogen-bond acceptors (Lipinski definition) is 8. The van der Waals surface area contributed by atoms with Crippen molar-refractivity contribution in [1.29, 1.82) is 0 Å². The summed E-state index contributed by atoms with van der Waals surface area (Å²) in [4.78, 5) is 46.2. The second-order valence-electron chi connectivity index (χ2n) is 5.49. The Morgan fingerprint density at radius 1 is 1.00 bits per heavy atom. The van der Waals surface area contributed by atoms with Gasteiger partial charge in [-0.3, -0.25) is 9.59 Å². The maximum absolute atomic E-state index is 11.9. The van der Waals surface area contributed by atoms with Gasteiger partial charge in [-0.05, 0) is 32.0 Å². The summed E-state index contributed by atoms with van der Waals surface area (Å²) in [7, 11) is 0. The van der Waals surface area contributed by atoms with Crippen LogP contribution in [0.25, 0.3) is 0 Å². The third-order valence-electron chi connectivity index (χ3n) is 3.43. The van der Waals surface area contributed by atoms with Crippen LogP contribution in [0.5, 0.6) is 5.75 Å². The van der Waals surface area contributed by atoms with E-state index in [9.17, 15) is 29.4 Å². The topological polar surface area (TPSA) is 142 Å². The number of anilines is 2. The molecule has 26 heavy (non-hydrogen) atoms. The van der Waals surface area contributed by atoms with Crippen LogP contribution >= 0.6 is 0 Å². The summed E-state index contributed by atoms with van der Waals surface area (Å²) in [6, 6.07) is 4.17. The molecule has 1 aliphatic rings. The fourth-order valence-electron chi connectivity index (χ4n) is 2.33. The molecule has 1 aromatic carbocycles. The quantitative estimate of drug-likeness (QED) is 0.158. The smallest absolute Gasteiger partial charge is 0.353 e. The van der Waals surface area contributed by atoms with Crippen LogP contribution in [0.3, 0.4) is 0 Å². The third-order valence-corrected chi connectivity index (χ3v) is 3.43. The number of amides is 1. The van der Waals surface area contributed by atoms with Gasteiger partial charge in [0.2, 0.25) is 5.91 Å². The molecule has 0 atom stereocenters. The Hall–Kier alpha value is -3.62. The maximum atomic E-state index is 11.9. The Morgan fingerprint density at radius 2 is 1.65 bits per heavy atom. The molecule has 0 saturated carbocycles. The largest absolute Gasteiger partial charge is 0.506 e. The summed E-state index contributed by atoms with van der Waals surface area (Å²) >= 11 is 0. The zero-order chi connectivity index (χ0) is 19.6. The summed E-state index contributed by atoms with van der Waals surface area (Å²) in [5.74, 6) is -4.46. The molecule has 0 fully saturated rings. The van der Waals surface area contributed by atoms with E-state index >= 15 is 0 Å². The van der Waals surface area contributed by atoms with Gasteiger partial charge in [0.15, 0.2) is 5.78 Å². The standard InChI is InChI=1S/C17H16N2O7/c1-7(13-15(23)14(8(2)20)17(25)26-16(13)24)18-11-6-10(19-9(3)21)4-5-12(11)22/h4-6,18,22-23H,1-3H3,(H,19,21)/b13-7-. The Bertz CT molecular complexity index is 896. The number of carbonyl (C=O) groups is 4. The van der Waals surface area contributed by atoms with Crippen molar-refractivity contribution in [3.05, 3.63) is 40.8 Å². The van der Waals surface area contributed by atoms with Crippen LogP contribution in [0.1, 0.15) is 20.8 Å². The van der Waals surface area contributed by atoms with Crippen molar-refractivity contribution >= 4 is 35.0 Å². The van der Waals surface area contributed by atoms with E-state index in [1.54, 1.807) is 0 Å². The van der Waals surface area contributed by atoms with Gasteiger partial charge in [-0.2, -0.15) is 0 Å². The van der Waals surface area contributed by atoms with E-state index in [0.717, 1.165) is 6.92 Å². The van der Waals surface area contributed by atoms with Gasteiger partial charge in [-0.25, -0.2) is 9.59 Å². The van der Waals surface area contributed by atoms with Gasteiger partial charge in [-0.15, -0.1) is 0 Å². The number of esters is 2. The third kappa shape index (κ3) is 3.72. The molecule has 0 bridgehead atoms. The second kappa shape index (κ2) is 7.09. The van der Waals surface area contributed by atoms with Gasteiger partial charge in [0.25, 0.3) is 0 Å². The fourth-order valence-corrected chi connectivity index (χ4v) is 2.33. The lowest BCUT2D eigenvalue weighted by Crippen LogP contribution is -2.29. The number of Topliss-reactive ketones (excluding diaryl/α,β-unsaturated/α-hetero) is 1. The first kappa shape index (κ1) is 18.7. The molecule has 4 N–H and O–H groups in total. The minimum absolute atomic E-state index is 0.0222. The molecular formula is C17H16N2O7. The van der Waals surface area contributed by atoms with Crippen molar-refractivity contribution in [2.45, 2.75) is 20.8 Å². The molecule has 136 valence electrons. The highest BCUT2D eigenvalue weighted by atomic mass is 16.6. The Balaban J connectivity index is 2.48. The molecule has 0 spiro atoms. The van der Waals surface area contributed by atoms with E-state index in [0.29, 0.717) is 5.69 Å². The van der Waals surface area contributed by atoms with E-state index in [2.05, 4.69) is 15.4 Å². The highest BCUT2D eigenvalue weighted by Crippen LogP contribution is 2.31. The van der Waals surface area contributed by atoms with E-state index in [-0.39, 0.29) is 23.0 Å². The molecule has 9 nitrogen and oxygen atoms in total. The normalized spacial score (nSPS) is 16.1. The predicted molar refractivity (Wildman–Crippen MR) is 90.2 cm³/mol. The predicted octanol–water partition coefficient (Wildman–Crippen LogP) is 1.52. The van der Waals surface area contributed by atoms with Crippen molar-refractivity contribution < 1.29 is 34.1 Å². The number of rotatable bonds is 4. The van der Waals surface area contributed by atoms with Gasteiger partial charge in [0, 0.05) is 18.3 Å². The van der Waals surface area contributed by atoms with E-state index in [1.807, 2.05) is 0 Å². The second-order valence-corrected chi connectivity index (χ2v) is 5.49. The first-order chi connectivity index (χ1) is 12.1. The summed E-state index contributed by atoms with van der Waals surface area (Å²) in [5.41, 5.74) is -0.547. The summed E-state index contributed by atoms with van der Waals surface area (Å²) in [6.45, 7) is 3.74. The number of phenolic OH excluding ortho intramolecular Hbond substituents is 1. The lowest BCUT2D eigenvalue weighted by Gasteiger charge is -2.19. The minimum atomic E-state index is -1.23. The van der Waals surface area contributed by atoms with Gasteiger partial charge in [0.05, 0.1) is 5.69 Å². The number of aliphatic hydroxyl groups is 1. The van der Waals surface area contributed by atoms with Crippen LogP contribution in [-0.4, -0.2) is 33.8 Å². The minimum Gasteiger partial charge on any atom is -0.506 e. The molecule has 1 heterocycles. The molecule has 0 unspecified atom stereocenters. The number of nitrogens with one attached hydrogen (secondary N) is 2. The monoisotopic (exact) mass is 360 g/mol. The number of ketones is 1. The molecule has 9 heteroatoms. The van der Waals surface area contributed by atoms with Gasteiger partial charge in [0.1, 0.15) is 22.7 Å². The lowest BCUT2D eigenvalue weighted by atomic mass is 10.0. The van der Waals surface area contributed by atoms with Crippen molar-refractivity contribution in [3.8, 4) is 5.75 Å². The van der Waals surface area contributed by atoms with Crippen molar-refractivity contribution in [3.63, 3.8) is 0 Å². The summed E-state index contributed by atoms with van der Waals surface area (Å²) in [6.07, 6.45) is 0. The molecule has 0 radical (unpaired) electrons. The number of carbonyl (C=O) groups excluding carboxylic acids is 4. The zero-order valence-electron chi connectivity index (χ0n) is 14.2. The van der Waals surface area contributed by atoms with Crippen LogP contribution in [0, 0.1) is 0 Å². The van der Waals surface area contributed by atoms with Gasteiger partial charge < -0.3 is 25.6 Å². The molecular weight excluding hydrogens is 344 g/mol. The number of hydrogen-bond donors (Lipinski definition) is 4. The Labute approximate surface area is 148 Å². The molecule has 2 rings (SSSR count). The van der Waals surface area contributed by atoms with Gasteiger partial charge in [-0.1, -0.05) is 0 Å². The summed E-state index contributed by atoms with van der Waals surface area (Å²) < 4.78 is 4.47. The number of aromatic hydroxyl groups is 1. The number of allylic oxidation sites excluding steroid dienone is 1. The van der Waals surface area contributed by atoms with Crippen LogP contribution in [0.4, 0.5) is 11.4 Å². The Kier molecular flexibility index (Phi) is 5.11. The van der Waals surface area contributed by atoms with Crippen molar-refractivity contribution in [1.82, 2.24) is 0 Å². The van der Waals surface area contributed by atoms with Crippen LogP contribution < -0.4 is 10.6 Å². The molecule has 0 aromatic heterocycles. The SMILES string of the molecule is CC(=O)Nc1ccc(O)c(N/C(C)=C2\C(=O)OC(=O)C(C(C)=O)=C2O)c1. The highest BCUT2D eigenvalue weighted by molar-refractivity contribution is 6.23. The van der Waals surface area contributed by atoms with Crippen LogP contribution in [0.2, 0.25) is 0 Å². The zero-order valence-corrected chi connectivity index (χ0v) is 14.2. The highest BCUT2D eigenvalue weighted by Gasteiger charge is 2.36. The van der Waals surface area contributed by atoms with Gasteiger partial charge >= 0.3 is 11.9 Å². The summed E-state index contributed by atoms with van der Waals surface area (Å²) in [5, 5.41) is 25.3. The first-order valence-electron chi connectivity index (χ1n) is 7.41. The molecule has 1 amide bonds. The lowest BCUT2D eigenvalue weighted by molar-refractivity contribution is -0.155. The maximum Gasteiger partial charge on any atom is 0.353 e. The van der Waals surface area contributed by atoms with E-state index in [4.69, 9.17) is 0 Å². The number of aliphatic hydroxyl groups excluding tert-OH is 1. The molecule has 1 aromatic rings. The number of ether oxygens (including phenoxy) is 1. The van der Waals surface area contributed by atoms with Crippen molar-refractivity contribution in [2.75, 3.05) is 10.6 Å². The van der Waals surface area contributed by atoms with E-state index in [1.165, 1.54) is 32.0 Å². The number of cyclic esters (lactones) is 2. The van der Waals surface area contributed by atoms with E-state index < -0.39 is 34.6 Å². The average molecular weight is 360 g/mol. The fraction of sp³-hybridized carbons (Fsp3) is 0.176. The Morgan fingerprint density at radius 3 is 2.23 bits per heavy atom. The molecule has 0 saturated heterocycles. The first-order valence-corrected chi connectivity index (χ1v) is 7.41. The molecule has 0 aliphatic carbocycles. The van der Waals surface area contributed by atoms with Crippen molar-refractivity contribution in [2.24, 2.45) is 0 Å². The van der Waals surface area contributed by atoms with Crippen LogP contribution in [-0.2, 0) is 23.9 Å². The number of phenols is 1. The average Bonchev–Trinajstić information content (AvgIpc) is 2.49. The van der Waals surface area contributed by atoms with Crippen LogP contribution in [0.15, 0.2) is 40.8 Å². The molecule has 1 aliphatic heterocycles.